The Kier molecular flexibility index (Phi) is 7.08. The summed E-state index contributed by atoms with van der Waals surface area (Å²) in [5, 5.41) is 0. The lowest BCUT2D eigenvalue weighted by Crippen LogP contribution is -2.60. The molecule has 0 aromatic rings. The molecule has 0 spiro atoms. The number of hydrogen-bond donors (Lipinski definition) is 0. The summed E-state index contributed by atoms with van der Waals surface area (Å²) in [6.45, 7) is 3.82. The first-order chi connectivity index (χ1) is 11.1. The lowest BCUT2D eigenvalue weighted by atomic mass is 10.00. The van der Waals surface area contributed by atoms with Crippen LogP contribution in [0.15, 0.2) is 0 Å². The lowest BCUT2D eigenvalue weighted by molar-refractivity contribution is -0.288. The zero-order valence-corrected chi connectivity index (χ0v) is 13.6. The van der Waals surface area contributed by atoms with Gasteiger partial charge in [0.15, 0.2) is 18.4 Å². The van der Waals surface area contributed by atoms with Gasteiger partial charge in [0.05, 0.1) is 0 Å². The molecule has 1 fully saturated rings. The van der Waals surface area contributed by atoms with Crippen molar-refractivity contribution in [1.82, 2.24) is 0 Å². The molecule has 0 radical (unpaired) electrons. The summed E-state index contributed by atoms with van der Waals surface area (Å²) in [7, 11) is 0. The molecule has 0 amide bonds. The normalized spacial score (nSPS) is 29.3. The number of ether oxygens (including phenoxy) is 5. The van der Waals surface area contributed by atoms with E-state index in [2.05, 4.69) is 0 Å². The highest BCUT2D eigenvalue weighted by molar-refractivity contribution is 5.68. The van der Waals surface area contributed by atoms with E-state index in [1.54, 1.807) is 0 Å². The maximum absolute atomic E-state index is 14.7. The molecule has 1 heterocycles. The zero-order chi connectivity index (χ0) is 18.4. The van der Waals surface area contributed by atoms with Crippen LogP contribution < -0.4 is 0 Å². The number of esters is 4. The predicted molar refractivity (Wildman–Crippen MR) is 73.1 cm³/mol. The first-order valence-electron chi connectivity index (χ1n) is 7.06. The Morgan fingerprint density at radius 3 is 1.79 bits per heavy atom. The Morgan fingerprint density at radius 1 is 0.833 bits per heavy atom. The van der Waals surface area contributed by atoms with E-state index in [9.17, 15) is 23.6 Å². The molecular formula is C14H19FO9. The molecule has 0 aliphatic carbocycles. The highest BCUT2D eigenvalue weighted by Gasteiger charge is 2.52. The molecule has 0 aromatic heterocycles. The van der Waals surface area contributed by atoms with E-state index < -0.39 is 61.3 Å². The van der Waals surface area contributed by atoms with Crippen molar-refractivity contribution in [2.75, 3.05) is 6.61 Å². The third kappa shape index (κ3) is 5.76. The summed E-state index contributed by atoms with van der Waals surface area (Å²) in [5.41, 5.74) is 0. The molecule has 0 unspecified atom stereocenters. The first kappa shape index (κ1) is 19.8. The van der Waals surface area contributed by atoms with Gasteiger partial charge in [0.1, 0.15) is 12.7 Å². The summed E-state index contributed by atoms with van der Waals surface area (Å²) in [4.78, 5) is 44.4. The van der Waals surface area contributed by atoms with Crippen LogP contribution >= 0.6 is 0 Å². The Balaban J connectivity index is 3.04. The van der Waals surface area contributed by atoms with Gasteiger partial charge in [0.25, 0.3) is 0 Å². The fourth-order valence-electron chi connectivity index (χ4n) is 2.11. The van der Waals surface area contributed by atoms with E-state index in [4.69, 9.17) is 23.7 Å². The molecule has 0 bridgehead atoms. The van der Waals surface area contributed by atoms with Crippen LogP contribution in [-0.4, -0.2) is 61.3 Å². The van der Waals surface area contributed by atoms with Gasteiger partial charge in [-0.3, -0.25) is 19.2 Å². The van der Waals surface area contributed by atoms with Crippen molar-refractivity contribution in [3.8, 4) is 0 Å². The lowest BCUT2D eigenvalue weighted by Gasteiger charge is -2.41. The quantitative estimate of drug-likeness (QED) is 0.500. The Hall–Kier alpha value is -2.23. The summed E-state index contributed by atoms with van der Waals surface area (Å²) < 4.78 is 39.3. The van der Waals surface area contributed by atoms with Crippen LogP contribution in [0.1, 0.15) is 27.7 Å². The molecule has 10 heteroatoms. The van der Waals surface area contributed by atoms with Crippen LogP contribution in [0.5, 0.6) is 0 Å². The van der Waals surface area contributed by atoms with Crippen LogP contribution in [-0.2, 0) is 42.9 Å². The summed E-state index contributed by atoms with van der Waals surface area (Å²) in [5.74, 6) is -3.13. The molecule has 1 rings (SSSR count). The minimum Gasteiger partial charge on any atom is -0.463 e. The topological polar surface area (TPSA) is 114 Å². The van der Waals surface area contributed by atoms with Gasteiger partial charge in [-0.25, -0.2) is 4.39 Å². The monoisotopic (exact) mass is 350 g/mol. The van der Waals surface area contributed by atoms with E-state index in [0.717, 1.165) is 27.7 Å². The fraction of sp³-hybridized carbons (Fsp3) is 0.714. The molecule has 1 aliphatic rings. The molecular weight excluding hydrogens is 331 g/mol. The van der Waals surface area contributed by atoms with Crippen LogP contribution in [0.25, 0.3) is 0 Å². The molecule has 0 saturated carbocycles. The predicted octanol–water partition coefficient (Wildman–Crippen LogP) is 0.0390. The Labute approximate surface area is 137 Å². The van der Waals surface area contributed by atoms with Gasteiger partial charge in [0, 0.05) is 27.7 Å². The van der Waals surface area contributed by atoms with E-state index >= 15 is 0 Å². The molecule has 24 heavy (non-hydrogen) atoms. The van der Waals surface area contributed by atoms with Gasteiger partial charge in [0.2, 0.25) is 6.29 Å². The standard InChI is InChI=1S/C14H19FO9/c1-6(16)20-5-10-12(21-7(2)17)11(15)13(22-8(3)18)14(24-10)23-9(4)19/h10-14H,5H2,1-4H3/t10-,11+,12-,13-,14-/m1/s1. The van der Waals surface area contributed by atoms with E-state index in [1.165, 1.54) is 0 Å². The number of alkyl halides is 1. The second-order valence-corrected chi connectivity index (χ2v) is 5.05. The average Bonchev–Trinajstić information content (AvgIpc) is 2.42. The van der Waals surface area contributed by atoms with Crippen LogP contribution in [0, 0.1) is 0 Å². The molecule has 9 nitrogen and oxygen atoms in total. The van der Waals surface area contributed by atoms with Crippen molar-refractivity contribution in [2.24, 2.45) is 0 Å². The number of halogens is 1. The van der Waals surface area contributed by atoms with Gasteiger partial charge in [-0.2, -0.15) is 0 Å². The maximum Gasteiger partial charge on any atom is 0.305 e. The zero-order valence-electron chi connectivity index (χ0n) is 13.6. The summed E-state index contributed by atoms with van der Waals surface area (Å²) in [6, 6.07) is 0. The first-order valence-corrected chi connectivity index (χ1v) is 7.06. The second-order valence-electron chi connectivity index (χ2n) is 5.05. The summed E-state index contributed by atoms with van der Waals surface area (Å²) in [6.07, 6.45) is -8.03. The SMILES string of the molecule is CC(=O)OC[C@H]1O[C@@H](OC(C)=O)[C@H](OC(C)=O)[C@@H](F)[C@@H]1OC(C)=O. The van der Waals surface area contributed by atoms with E-state index in [0.29, 0.717) is 0 Å². The molecule has 5 atom stereocenters. The van der Waals surface area contributed by atoms with Crippen molar-refractivity contribution < 1.29 is 47.3 Å². The van der Waals surface area contributed by atoms with Crippen LogP contribution in [0.2, 0.25) is 0 Å². The van der Waals surface area contributed by atoms with Crippen molar-refractivity contribution in [2.45, 2.75) is 58.5 Å². The Morgan fingerprint density at radius 2 is 1.33 bits per heavy atom. The molecule has 0 aromatic carbocycles. The van der Waals surface area contributed by atoms with Crippen LogP contribution in [0.3, 0.4) is 0 Å². The fourth-order valence-corrected chi connectivity index (χ4v) is 2.11. The highest BCUT2D eigenvalue weighted by atomic mass is 19.1. The van der Waals surface area contributed by atoms with E-state index in [-0.39, 0.29) is 0 Å². The van der Waals surface area contributed by atoms with E-state index in [1.807, 2.05) is 0 Å². The smallest absolute Gasteiger partial charge is 0.305 e. The van der Waals surface area contributed by atoms with Gasteiger partial charge < -0.3 is 23.7 Å². The number of rotatable bonds is 5. The molecule has 1 aliphatic heterocycles. The molecule has 136 valence electrons. The maximum atomic E-state index is 14.7. The molecule has 0 N–H and O–H groups in total. The van der Waals surface area contributed by atoms with Gasteiger partial charge in [-0.05, 0) is 0 Å². The average molecular weight is 350 g/mol. The van der Waals surface area contributed by atoms with Crippen LogP contribution in [0.4, 0.5) is 4.39 Å². The largest absolute Gasteiger partial charge is 0.463 e. The summed E-state index contributed by atoms with van der Waals surface area (Å²) >= 11 is 0. The van der Waals surface area contributed by atoms with Gasteiger partial charge in [-0.15, -0.1) is 0 Å². The third-order valence-electron chi connectivity index (χ3n) is 2.91. The third-order valence-corrected chi connectivity index (χ3v) is 2.91. The Bertz CT molecular complexity index is 504. The molecule has 1 saturated heterocycles. The van der Waals surface area contributed by atoms with Crippen molar-refractivity contribution in [1.29, 1.82) is 0 Å². The number of carbonyl (C=O) groups excluding carboxylic acids is 4. The second kappa shape index (κ2) is 8.57. The van der Waals surface area contributed by atoms with Crippen molar-refractivity contribution in [3.05, 3.63) is 0 Å². The minimum atomic E-state index is -2.06. The van der Waals surface area contributed by atoms with Gasteiger partial charge >= 0.3 is 23.9 Å². The van der Waals surface area contributed by atoms with Gasteiger partial charge in [-0.1, -0.05) is 0 Å². The number of hydrogen-bond acceptors (Lipinski definition) is 9. The van der Waals surface area contributed by atoms with Crippen molar-refractivity contribution >= 4 is 23.9 Å². The minimum absolute atomic E-state index is 0.446. The highest BCUT2D eigenvalue weighted by Crippen LogP contribution is 2.29. The number of carbonyl (C=O) groups is 4. The van der Waals surface area contributed by atoms with Crippen molar-refractivity contribution in [3.63, 3.8) is 0 Å².